The number of benzene rings is 2. The summed E-state index contributed by atoms with van der Waals surface area (Å²) in [6, 6.07) is 11.7. The Morgan fingerprint density at radius 1 is 1.00 bits per heavy atom. The van der Waals surface area contributed by atoms with Crippen molar-refractivity contribution in [3.63, 3.8) is 0 Å². The van der Waals surface area contributed by atoms with E-state index >= 15 is 0 Å². The molecule has 0 radical (unpaired) electrons. The third-order valence-corrected chi connectivity index (χ3v) is 3.93. The predicted molar refractivity (Wildman–Crippen MR) is 92.9 cm³/mol. The lowest BCUT2D eigenvalue weighted by molar-refractivity contribution is 0.0315. The van der Waals surface area contributed by atoms with Crippen LogP contribution in [0.5, 0.6) is 11.5 Å². The minimum absolute atomic E-state index is 0.201. The molecule has 24 heavy (non-hydrogen) atoms. The van der Waals surface area contributed by atoms with E-state index in [1.165, 1.54) is 21.1 Å². The number of carbonyl (C=O) groups is 2. The smallest absolute Gasteiger partial charge is 0.342 e. The molecule has 0 N–H and O–H groups in total. The van der Waals surface area contributed by atoms with Gasteiger partial charge in [-0.15, -0.1) is 0 Å². The van der Waals surface area contributed by atoms with Gasteiger partial charge in [-0.25, -0.2) is 4.79 Å². The molecule has 0 aromatic heterocycles. The summed E-state index contributed by atoms with van der Waals surface area (Å²) in [5.74, 6) is -0.242. The third-order valence-electron chi connectivity index (χ3n) is 3.40. The topological polar surface area (TPSA) is 61.8 Å². The van der Waals surface area contributed by atoms with Gasteiger partial charge in [-0.05, 0) is 31.2 Å². The molecular formula is C18H17BrO5. The highest BCUT2D eigenvalue weighted by Gasteiger charge is 2.23. The zero-order chi connectivity index (χ0) is 17.7. The molecule has 2 aromatic rings. The van der Waals surface area contributed by atoms with Crippen molar-refractivity contribution in [3.05, 3.63) is 58.1 Å². The zero-order valence-electron chi connectivity index (χ0n) is 13.5. The van der Waals surface area contributed by atoms with E-state index in [9.17, 15) is 9.59 Å². The second-order valence-corrected chi connectivity index (χ2v) is 5.88. The van der Waals surface area contributed by atoms with Crippen LogP contribution in [0.15, 0.2) is 46.9 Å². The molecule has 6 heteroatoms. The molecule has 0 aliphatic heterocycles. The number of para-hydroxylation sites is 1. The van der Waals surface area contributed by atoms with Crippen molar-refractivity contribution in [1.82, 2.24) is 0 Å². The van der Waals surface area contributed by atoms with Gasteiger partial charge in [0.25, 0.3) is 0 Å². The fourth-order valence-electron chi connectivity index (χ4n) is 2.17. The monoisotopic (exact) mass is 392 g/mol. The molecule has 126 valence electrons. The minimum atomic E-state index is -0.922. The van der Waals surface area contributed by atoms with Crippen molar-refractivity contribution in [2.45, 2.75) is 13.0 Å². The van der Waals surface area contributed by atoms with Crippen LogP contribution in [-0.2, 0) is 4.74 Å². The molecule has 5 nitrogen and oxygen atoms in total. The summed E-state index contributed by atoms with van der Waals surface area (Å²) in [5.41, 5.74) is 0.670. The highest BCUT2D eigenvalue weighted by Crippen LogP contribution is 2.31. The second-order valence-electron chi connectivity index (χ2n) is 4.96. The van der Waals surface area contributed by atoms with E-state index in [0.717, 1.165) is 4.47 Å². The fraction of sp³-hybridized carbons (Fsp3) is 0.222. The maximum Gasteiger partial charge on any atom is 0.342 e. The minimum Gasteiger partial charge on any atom is -0.493 e. The lowest BCUT2D eigenvalue weighted by atomic mass is 10.1. The highest BCUT2D eigenvalue weighted by atomic mass is 79.9. The predicted octanol–water partition coefficient (Wildman–Crippen LogP) is 3.89. The Hall–Kier alpha value is -2.34. The average Bonchev–Trinajstić information content (AvgIpc) is 2.60. The van der Waals surface area contributed by atoms with Crippen LogP contribution in [0, 0.1) is 0 Å². The van der Waals surface area contributed by atoms with Gasteiger partial charge in [0.15, 0.2) is 17.6 Å². The van der Waals surface area contributed by atoms with Crippen LogP contribution in [0.3, 0.4) is 0 Å². The lowest BCUT2D eigenvalue weighted by Crippen LogP contribution is -2.24. The number of rotatable bonds is 6. The van der Waals surface area contributed by atoms with Crippen LogP contribution >= 0.6 is 15.9 Å². The number of hydrogen-bond donors (Lipinski definition) is 0. The number of ketones is 1. The molecular weight excluding hydrogens is 376 g/mol. The van der Waals surface area contributed by atoms with Crippen molar-refractivity contribution in [3.8, 4) is 11.5 Å². The number of hydrogen-bond acceptors (Lipinski definition) is 5. The molecule has 0 amide bonds. The summed E-state index contributed by atoms with van der Waals surface area (Å²) >= 11 is 3.31. The fourth-order valence-corrected chi connectivity index (χ4v) is 2.44. The SMILES string of the molecule is COc1cccc(C(=O)OC(C)C(=O)c2ccc(Br)cc2)c1OC. The molecule has 0 saturated heterocycles. The molecule has 0 fully saturated rings. The summed E-state index contributed by atoms with van der Waals surface area (Å²) in [4.78, 5) is 24.7. The van der Waals surface area contributed by atoms with E-state index in [4.69, 9.17) is 14.2 Å². The highest BCUT2D eigenvalue weighted by molar-refractivity contribution is 9.10. The van der Waals surface area contributed by atoms with E-state index in [1.54, 1.807) is 42.5 Å². The Bertz CT molecular complexity index is 740. The van der Waals surface area contributed by atoms with Crippen LogP contribution in [0.2, 0.25) is 0 Å². The van der Waals surface area contributed by atoms with Crippen molar-refractivity contribution in [1.29, 1.82) is 0 Å². The Morgan fingerprint density at radius 3 is 2.25 bits per heavy atom. The summed E-state index contributed by atoms with van der Waals surface area (Å²) in [6.07, 6.45) is -0.922. The Morgan fingerprint density at radius 2 is 1.67 bits per heavy atom. The molecule has 0 spiro atoms. The van der Waals surface area contributed by atoms with Crippen molar-refractivity contribution in [2.75, 3.05) is 14.2 Å². The van der Waals surface area contributed by atoms with Crippen molar-refractivity contribution >= 4 is 27.7 Å². The van der Waals surface area contributed by atoms with Gasteiger partial charge in [0, 0.05) is 10.0 Å². The van der Waals surface area contributed by atoms with Crippen LogP contribution in [0.25, 0.3) is 0 Å². The van der Waals surface area contributed by atoms with Crippen LogP contribution in [0.1, 0.15) is 27.6 Å². The number of carbonyl (C=O) groups excluding carboxylic acids is 2. The first-order chi connectivity index (χ1) is 11.5. The molecule has 0 saturated carbocycles. The Balaban J connectivity index is 2.17. The zero-order valence-corrected chi connectivity index (χ0v) is 15.1. The molecule has 0 heterocycles. The van der Waals surface area contributed by atoms with E-state index in [1.807, 2.05) is 0 Å². The molecule has 2 aromatic carbocycles. The van der Waals surface area contributed by atoms with E-state index in [2.05, 4.69) is 15.9 Å². The molecule has 0 aliphatic carbocycles. The molecule has 0 aliphatic rings. The van der Waals surface area contributed by atoms with Crippen LogP contribution < -0.4 is 9.47 Å². The lowest BCUT2D eigenvalue weighted by Gasteiger charge is -2.15. The van der Waals surface area contributed by atoms with E-state index in [-0.39, 0.29) is 17.1 Å². The van der Waals surface area contributed by atoms with Gasteiger partial charge < -0.3 is 14.2 Å². The summed E-state index contributed by atoms with van der Waals surface area (Å²) in [6.45, 7) is 1.54. The van der Waals surface area contributed by atoms with Gasteiger partial charge >= 0.3 is 5.97 Å². The summed E-state index contributed by atoms with van der Waals surface area (Å²) in [5, 5.41) is 0. The number of Topliss-reactive ketones (excluding diaryl/α,β-unsaturated/α-hetero) is 1. The molecule has 1 atom stereocenters. The van der Waals surface area contributed by atoms with Gasteiger partial charge in [-0.3, -0.25) is 4.79 Å². The number of methoxy groups -OCH3 is 2. The maximum atomic E-state index is 12.4. The first kappa shape index (κ1) is 18.0. The van der Waals surface area contributed by atoms with E-state index < -0.39 is 12.1 Å². The van der Waals surface area contributed by atoms with Crippen molar-refractivity contribution in [2.24, 2.45) is 0 Å². The number of esters is 1. The molecule has 1 unspecified atom stereocenters. The number of halogens is 1. The largest absolute Gasteiger partial charge is 0.493 e. The van der Waals surface area contributed by atoms with Crippen LogP contribution in [-0.4, -0.2) is 32.1 Å². The standard InChI is InChI=1S/C18H17BrO5/c1-11(16(20)12-7-9-13(19)10-8-12)24-18(21)14-5-4-6-15(22-2)17(14)23-3/h4-11H,1-3H3. The normalized spacial score (nSPS) is 11.5. The van der Waals surface area contributed by atoms with E-state index in [0.29, 0.717) is 11.3 Å². The second kappa shape index (κ2) is 7.97. The maximum absolute atomic E-state index is 12.4. The van der Waals surface area contributed by atoms with Gasteiger partial charge in [-0.2, -0.15) is 0 Å². The van der Waals surface area contributed by atoms with Crippen molar-refractivity contribution < 1.29 is 23.8 Å². The quantitative estimate of drug-likeness (QED) is 0.551. The molecule has 0 bridgehead atoms. The third kappa shape index (κ3) is 3.94. The number of ether oxygens (including phenoxy) is 3. The van der Waals surface area contributed by atoms with Gasteiger partial charge in [0.2, 0.25) is 5.78 Å². The van der Waals surface area contributed by atoms with Gasteiger partial charge in [0.05, 0.1) is 14.2 Å². The Kier molecular flexibility index (Phi) is 5.98. The summed E-state index contributed by atoms with van der Waals surface area (Å²) < 4.78 is 16.5. The summed E-state index contributed by atoms with van der Waals surface area (Å²) in [7, 11) is 2.91. The Labute approximate surface area is 148 Å². The first-order valence-corrected chi connectivity index (χ1v) is 7.99. The average molecular weight is 393 g/mol. The first-order valence-electron chi connectivity index (χ1n) is 7.19. The van der Waals surface area contributed by atoms with Gasteiger partial charge in [-0.1, -0.05) is 34.1 Å². The van der Waals surface area contributed by atoms with Crippen LogP contribution in [0.4, 0.5) is 0 Å². The molecule has 2 rings (SSSR count). The van der Waals surface area contributed by atoms with Gasteiger partial charge in [0.1, 0.15) is 5.56 Å².